The summed E-state index contributed by atoms with van der Waals surface area (Å²) >= 11 is 2.01. The number of rotatable bonds is 5. The molecule has 2 heterocycles. The van der Waals surface area contributed by atoms with Crippen molar-refractivity contribution in [3.05, 3.63) is 38.8 Å². The average Bonchev–Trinajstić information content (AvgIpc) is 3.07. The highest BCUT2D eigenvalue weighted by Gasteiger charge is 2.19. The summed E-state index contributed by atoms with van der Waals surface area (Å²) in [5.41, 5.74) is 4.10. The van der Waals surface area contributed by atoms with Crippen molar-refractivity contribution in [1.29, 1.82) is 0 Å². The summed E-state index contributed by atoms with van der Waals surface area (Å²) < 4.78 is 2.04. The molecule has 0 aromatic carbocycles. The van der Waals surface area contributed by atoms with Crippen molar-refractivity contribution in [2.45, 2.75) is 51.5 Å². The third-order valence-corrected chi connectivity index (χ3v) is 5.86. The summed E-state index contributed by atoms with van der Waals surface area (Å²) in [7, 11) is 4.13. The average molecular weight is 303 g/mol. The Hall–Kier alpha value is -1.13. The molecule has 1 atom stereocenters. The van der Waals surface area contributed by atoms with E-state index in [0.717, 1.165) is 12.8 Å². The number of nitrogens with zero attached hydrogens (tertiary/aromatic N) is 2. The van der Waals surface area contributed by atoms with E-state index in [-0.39, 0.29) is 0 Å². The van der Waals surface area contributed by atoms with Gasteiger partial charge in [0.15, 0.2) is 0 Å². The fraction of sp³-hybridized carbons (Fsp3) is 0.588. The molecule has 0 fully saturated rings. The summed E-state index contributed by atoms with van der Waals surface area (Å²) in [4.78, 5) is 3.11. The molecule has 1 N–H and O–H groups in total. The van der Waals surface area contributed by atoms with Gasteiger partial charge in [-0.05, 0) is 56.8 Å². The molecule has 0 saturated carbocycles. The zero-order valence-corrected chi connectivity index (χ0v) is 14.1. The van der Waals surface area contributed by atoms with E-state index in [4.69, 9.17) is 0 Å². The highest BCUT2D eigenvalue weighted by molar-refractivity contribution is 7.12. The number of thiophene rings is 1. The minimum Gasteiger partial charge on any atom is -0.312 e. The van der Waals surface area contributed by atoms with Crippen LogP contribution in [0.15, 0.2) is 12.1 Å². The first kappa shape index (κ1) is 14.8. The molecule has 0 spiro atoms. The van der Waals surface area contributed by atoms with Crippen LogP contribution in [0.25, 0.3) is 0 Å². The van der Waals surface area contributed by atoms with Crippen LogP contribution in [-0.2, 0) is 32.7 Å². The van der Waals surface area contributed by atoms with E-state index in [2.05, 4.69) is 43.6 Å². The molecule has 1 aliphatic carbocycles. The van der Waals surface area contributed by atoms with Crippen LogP contribution in [0.2, 0.25) is 0 Å². The molecule has 0 aliphatic heterocycles. The lowest BCUT2D eigenvalue weighted by Crippen LogP contribution is -2.19. The first-order valence-electron chi connectivity index (χ1n) is 8.01. The molecule has 0 amide bonds. The minimum atomic E-state index is 0.403. The quantitative estimate of drug-likeness (QED) is 0.917. The molecule has 3 nitrogen and oxygen atoms in total. The second-order valence-electron chi connectivity index (χ2n) is 5.95. The van der Waals surface area contributed by atoms with Crippen molar-refractivity contribution < 1.29 is 0 Å². The highest BCUT2D eigenvalue weighted by Crippen LogP contribution is 2.34. The standard InChI is InChI=1S/C17H25N3S/c1-4-13-10-14(20(3)19-13)11-15(18-2)17-9-12-7-5-6-8-16(12)21-17/h9-10,15,18H,4-8,11H2,1-3H3. The van der Waals surface area contributed by atoms with E-state index in [0.29, 0.717) is 6.04 Å². The number of aryl methyl sites for hydroxylation is 4. The summed E-state index contributed by atoms with van der Waals surface area (Å²) in [5, 5.41) is 8.07. The molecule has 1 aliphatic rings. The van der Waals surface area contributed by atoms with Gasteiger partial charge in [0.05, 0.1) is 5.69 Å². The maximum atomic E-state index is 4.57. The molecule has 4 heteroatoms. The molecule has 114 valence electrons. The molecule has 0 saturated heterocycles. The Morgan fingerprint density at radius 1 is 1.33 bits per heavy atom. The fourth-order valence-electron chi connectivity index (χ4n) is 3.17. The Bertz CT molecular complexity index is 588. The summed E-state index contributed by atoms with van der Waals surface area (Å²) in [6, 6.07) is 5.09. The minimum absolute atomic E-state index is 0.403. The van der Waals surface area contributed by atoms with Gasteiger partial charge in [0.1, 0.15) is 0 Å². The van der Waals surface area contributed by atoms with Crippen molar-refractivity contribution in [3.63, 3.8) is 0 Å². The molecule has 2 aromatic heterocycles. The SMILES string of the molecule is CCc1cc(CC(NC)c2cc3c(s2)CCCC3)n(C)n1. The lowest BCUT2D eigenvalue weighted by atomic mass is 9.98. The van der Waals surface area contributed by atoms with E-state index < -0.39 is 0 Å². The van der Waals surface area contributed by atoms with E-state index in [1.807, 2.05) is 16.0 Å². The topological polar surface area (TPSA) is 29.9 Å². The van der Waals surface area contributed by atoms with E-state index in [1.165, 1.54) is 41.9 Å². The number of likely N-dealkylation sites (N-methyl/N-ethyl adjacent to an activating group) is 1. The van der Waals surface area contributed by atoms with Crippen LogP contribution >= 0.6 is 11.3 Å². The van der Waals surface area contributed by atoms with E-state index in [1.54, 1.807) is 10.4 Å². The lowest BCUT2D eigenvalue weighted by molar-refractivity contribution is 0.568. The van der Waals surface area contributed by atoms with Gasteiger partial charge in [-0.2, -0.15) is 5.10 Å². The maximum Gasteiger partial charge on any atom is 0.0624 e. The van der Waals surface area contributed by atoms with Crippen LogP contribution < -0.4 is 5.32 Å². The maximum absolute atomic E-state index is 4.57. The fourth-order valence-corrected chi connectivity index (χ4v) is 4.54. The van der Waals surface area contributed by atoms with E-state index in [9.17, 15) is 0 Å². The number of hydrogen-bond acceptors (Lipinski definition) is 3. The van der Waals surface area contributed by atoms with Gasteiger partial charge in [-0.15, -0.1) is 11.3 Å². The summed E-state index contributed by atoms with van der Waals surface area (Å²) in [5.74, 6) is 0. The van der Waals surface area contributed by atoms with Crippen LogP contribution in [0.1, 0.15) is 52.5 Å². The second kappa shape index (κ2) is 6.32. The van der Waals surface area contributed by atoms with Crippen molar-refractivity contribution in [3.8, 4) is 0 Å². The smallest absolute Gasteiger partial charge is 0.0624 e. The van der Waals surface area contributed by atoms with Crippen LogP contribution in [0, 0.1) is 0 Å². The molecule has 2 aromatic rings. The normalized spacial score (nSPS) is 16.0. The largest absolute Gasteiger partial charge is 0.312 e. The van der Waals surface area contributed by atoms with Crippen molar-refractivity contribution in [2.24, 2.45) is 7.05 Å². The van der Waals surface area contributed by atoms with Gasteiger partial charge in [-0.3, -0.25) is 4.68 Å². The Morgan fingerprint density at radius 3 is 2.81 bits per heavy atom. The van der Waals surface area contributed by atoms with Gasteiger partial charge in [0.2, 0.25) is 0 Å². The number of fused-ring (bicyclic) bond motifs is 1. The molecule has 0 bridgehead atoms. The van der Waals surface area contributed by atoms with Crippen LogP contribution in [0.4, 0.5) is 0 Å². The van der Waals surface area contributed by atoms with Gasteiger partial charge in [0.25, 0.3) is 0 Å². The number of hydrogen-bond donors (Lipinski definition) is 1. The molecular formula is C17H25N3S. The van der Waals surface area contributed by atoms with E-state index >= 15 is 0 Å². The van der Waals surface area contributed by atoms with Gasteiger partial charge in [0, 0.05) is 35.0 Å². The highest BCUT2D eigenvalue weighted by atomic mass is 32.1. The van der Waals surface area contributed by atoms with Gasteiger partial charge < -0.3 is 5.32 Å². The Kier molecular flexibility index (Phi) is 4.45. The molecule has 1 unspecified atom stereocenters. The van der Waals surface area contributed by atoms with Crippen molar-refractivity contribution in [1.82, 2.24) is 15.1 Å². The predicted octanol–water partition coefficient (Wildman–Crippen LogP) is 3.43. The molecule has 0 radical (unpaired) electrons. The van der Waals surface area contributed by atoms with Crippen LogP contribution in [-0.4, -0.2) is 16.8 Å². The zero-order valence-electron chi connectivity index (χ0n) is 13.3. The monoisotopic (exact) mass is 303 g/mol. The number of nitrogens with one attached hydrogen (secondary N) is 1. The lowest BCUT2D eigenvalue weighted by Gasteiger charge is -2.14. The molecule has 3 rings (SSSR count). The Labute approximate surface area is 131 Å². The first-order valence-corrected chi connectivity index (χ1v) is 8.83. The third-order valence-electron chi connectivity index (χ3n) is 4.51. The predicted molar refractivity (Wildman–Crippen MR) is 89.1 cm³/mol. The second-order valence-corrected chi connectivity index (χ2v) is 7.12. The molecule has 21 heavy (non-hydrogen) atoms. The van der Waals surface area contributed by atoms with Crippen molar-refractivity contribution >= 4 is 11.3 Å². The van der Waals surface area contributed by atoms with Crippen molar-refractivity contribution in [2.75, 3.05) is 7.05 Å². The zero-order chi connectivity index (χ0) is 14.8. The van der Waals surface area contributed by atoms with Crippen LogP contribution in [0.5, 0.6) is 0 Å². The third kappa shape index (κ3) is 3.06. The summed E-state index contributed by atoms with van der Waals surface area (Å²) in [6.45, 7) is 2.16. The van der Waals surface area contributed by atoms with Gasteiger partial charge in [-0.1, -0.05) is 6.92 Å². The first-order chi connectivity index (χ1) is 10.2. The van der Waals surface area contributed by atoms with Crippen LogP contribution in [0.3, 0.4) is 0 Å². The Morgan fingerprint density at radius 2 is 2.14 bits per heavy atom. The van der Waals surface area contributed by atoms with Gasteiger partial charge in [-0.25, -0.2) is 0 Å². The molecular weight excluding hydrogens is 278 g/mol. The number of aromatic nitrogens is 2. The Balaban J connectivity index is 1.81. The van der Waals surface area contributed by atoms with Gasteiger partial charge >= 0.3 is 0 Å². The summed E-state index contributed by atoms with van der Waals surface area (Å²) in [6.07, 6.45) is 7.29.